The van der Waals surface area contributed by atoms with Gasteiger partial charge in [0.2, 0.25) is 0 Å². The van der Waals surface area contributed by atoms with E-state index < -0.39 is 0 Å². The molecular weight excluding hydrogens is 117 g/mol. The summed E-state index contributed by atoms with van der Waals surface area (Å²) in [5.41, 5.74) is 2.22. The van der Waals surface area contributed by atoms with Gasteiger partial charge in [-0.25, -0.2) is 0 Å². The van der Waals surface area contributed by atoms with E-state index in [2.05, 4.69) is 18.5 Å². The summed E-state index contributed by atoms with van der Waals surface area (Å²) in [6, 6.07) is 0. The van der Waals surface area contributed by atoms with Gasteiger partial charge in [0.1, 0.15) is 0 Å². The van der Waals surface area contributed by atoms with Crippen LogP contribution in [0.15, 0.2) is 24.3 Å². The minimum atomic E-state index is 0. The second-order valence-corrected chi connectivity index (χ2v) is 2.45. The van der Waals surface area contributed by atoms with Gasteiger partial charge in [-0.1, -0.05) is 0 Å². The average Bonchev–Trinajstić information content (AvgIpc) is 1.63. The average molecular weight is 131 g/mol. The van der Waals surface area contributed by atoms with Gasteiger partial charge in [-0.3, -0.25) is 0 Å². The molecule has 0 fully saturated rings. The molecule has 10 heavy (non-hydrogen) atoms. The topological polar surface area (TPSA) is 14.1 Å². The molecule has 0 N–H and O–H groups in total. The van der Waals surface area contributed by atoms with Gasteiger partial charge >= 0.3 is 18.9 Å². The molecule has 52 valence electrons. The van der Waals surface area contributed by atoms with Gasteiger partial charge in [0.05, 0.1) is 0 Å². The van der Waals surface area contributed by atoms with E-state index in [1.54, 1.807) is 0 Å². The van der Waals surface area contributed by atoms with Crippen LogP contribution < -0.4 is 18.9 Å². The summed E-state index contributed by atoms with van der Waals surface area (Å²) >= 11 is 0. The third-order valence-corrected chi connectivity index (χ3v) is 0.763. The van der Waals surface area contributed by atoms with Crippen LogP contribution in [0.25, 0.3) is 5.32 Å². The minimum absolute atomic E-state index is 0. The Morgan fingerprint density at radius 3 is 1.60 bits per heavy atom. The fourth-order valence-electron chi connectivity index (χ4n) is 0.438. The van der Waals surface area contributed by atoms with E-state index in [-0.39, 0.29) is 18.9 Å². The van der Waals surface area contributed by atoms with Crippen LogP contribution in [0.1, 0.15) is 13.8 Å². The van der Waals surface area contributed by atoms with Crippen LogP contribution in [-0.4, -0.2) is 13.1 Å². The van der Waals surface area contributed by atoms with E-state index in [1.807, 2.05) is 13.8 Å². The van der Waals surface area contributed by atoms with Crippen molar-refractivity contribution >= 4 is 0 Å². The van der Waals surface area contributed by atoms with Crippen LogP contribution in [0.3, 0.4) is 0 Å². The summed E-state index contributed by atoms with van der Waals surface area (Å²) in [4.78, 5) is 0. The van der Waals surface area contributed by atoms with Gasteiger partial charge in [-0.2, -0.15) is 0 Å². The smallest absolute Gasteiger partial charge is 0.655 e. The standard InChI is InChI=1S/C8H14N.Li/c1-7(2)5-9-6-8(3)4;/h1,3,5-6H2,2,4H3;/q-1;+1. The van der Waals surface area contributed by atoms with Crippen LogP contribution in [-0.2, 0) is 0 Å². The molecule has 0 atom stereocenters. The predicted octanol–water partition coefficient (Wildman–Crippen LogP) is -0.484. The van der Waals surface area contributed by atoms with Gasteiger partial charge in [-0.15, -0.1) is 37.4 Å². The fraction of sp³-hybridized carbons (Fsp3) is 0.500. The van der Waals surface area contributed by atoms with E-state index in [0.29, 0.717) is 0 Å². The van der Waals surface area contributed by atoms with Crippen molar-refractivity contribution in [1.29, 1.82) is 0 Å². The van der Waals surface area contributed by atoms with Crippen LogP contribution in [0.5, 0.6) is 0 Å². The molecule has 0 aliphatic carbocycles. The van der Waals surface area contributed by atoms with Crippen molar-refractivity contribution in [2.24, 2.45) is 0 Å². The Labute approximate surface area is 75.8 Å². The van der Waals surface area contributed by atoms with Crippen molar-refractivity contribution in [3.8, 4) is 0 Å². The van der Waals surface area contributed by atoms with Crippen LogP contribution in [0, 0.1) is 0 Å². The molecule has 1 nitrogen and oxygen atoms in total. The summed E-state index contributed by atoms with van der Waals surface area (Å²) in [6.07, 6.45) is 0. The molecule has 0 saturated heterocycles. The Hall–Kier alpha value is 0.0374. The van der Waals surface area contributed by atoms with Crippen LogP contribution in [0.4, 0.5) is 0 Å². The summed E-state index contributed by atoms with van der Waals surface area (Å²) in [7, 11) is 0. The second-order valence-electron chi connectivity index (χ2n) is 2.45. The summed E-state index contributed by atoms with van der Waals surface area (Å²) in [5.74, 6) is 0. The van der Waals surface area contributed by atoms with Gasteiger partial charge in [0, 0.05) is 0 Å². The van der Waals surface area contributed by atoms with E-state index in [1.165, 1.54) is 0 Å². The maximum atomic E-state index is 4.17. The van der Waals surface area contributed by atoms with Gasteiger partial charge < -0.3 is 5.32 Å². The first-order valence-electron chi connectivity index (χ1n) is 3.05. The first-order valence-corrected chi connectivity index (χ1v) is 3.05. The van der Waals surface area contributed by atoms with Crippen molar-refractivity contribution < 1.29 is 18.9 Å². The second kappa shape index (κ2) is 7.15. The summed E-state index contributed by atoms with van der Waals surface area (Å²) < 4.78 is 0. The van der Waals surface area contributed by atoms with E-state index >= 15 is 0 Å². The third-order valence-electron chi connectivity index (χ3n) is 0.763. The molecule has 0 aliphatic heterocycles. The van der Waals surface area contributed by atoms with Gasteiger partial charge in [0.15, 0.2) is 0 Å². The summed E-state index contributed by atoms with van der Waals surface area (Å²) in [6.45, 7) is 12.9. The normalized spacial score (nSPS) is 8.20. The molecule has 0 amide bonds. The Morgan fingerprint density at radius 1 is 1.10 bits per heavy atom. The monoisotopic (exact) mass is 131 g/mol. The quantitative estimate of drug-likeness (QED) is 0.361. The first kappa shape index (κ1) is 12.7. The molecule has 0 radical (unpaired) electrons. The molecule has 0 unspecified atom stereocenters. The van der Waals surface area contributed by atoms with Crippen LogP contribution >= 0.6 is 0 Å². The van der Waals surface area contributed by atoms with E-state index in [4.69, 9.17) is 0 Å². The fourth-order valence-corrected chi connectivity index (χ4v) is 0.438. The molecular formula is C8H14LiN. The molecule has 0 heterocycles. The molecule has 0 aromatic heterocycles. The number of hydrogen-bond donors (Lipinski definition) is 0. The zero-order valence-corrected chi connectivity index (χ0v) is 7.28. The Bertz CT molecular complexity index is 104. The molecule has 0 rings (SSSR count). The maximum Gasteiger partial charge on any atom is 1.00 e. The Morgan fingerprint density at radius 2 is 1.40 bits per heavy atom. The summed E-state index contributed by atoms with van der Waals surface area (Å²) in [5, 5.41) is 4.17. The Kier molecular flexibility index (Phi) is 9.07. The van der Waals surface area contributed by atoms with Gasteiger partial charge in [-0.05, 0) is 13.8 Å². The molecule has 0 saturated carbocycles. The number of rotatable bonds is 4. The molecule has 0 bridgehead atoms. The largest absolute Gasteiger partial charge is 1.00 e. The van der Waals surface area contributed by atoms with Crippen molar-refractivity contribution in [3.05, 3.63) is 29.6 Å². The zero-order valence-electron chi connectivity index (χ0n) is 7.28. The first-order chi connectivity index (χ1) is 4.13. The van der Waals surface area contributed by atoms with Gasteiger partial charge in [0.25, 0.3) is 0 Å². The number of nitrogens with zero attached hydrogens (tertiary/aromatic N) is 1. The van der Waals surface area contributed by atoms with E-state index in [9.17, 15) is 0 Å². The van der Waals surface area contributed by atoms with Crippen molar-refractivity contribution in [2.45, 2.75) is 13.8 Å². The number of hydrogen-bond acceptors (Lipinski definition) is 0. The van der Waals surface area contributed by atoms with Crippen molar-refractivity contribution in [2.75, 3.05) is 13.1 Å². The van der Waals surface area contributed by atoms with Crippen molar-refractivity contribution in [1.82, 2.24) is 0 Å². The SMILES string of the molecule is C=C(C)C[N-]CC(=C)C.[Li+]. The Balaban J connectivity index is 0. The predicted molar refractivity (Wildman–Crippen MR) is 42.7 cm³/mol. The van der Waals surface area contributed by atoms with E-state index in [0.717, 1.165) is 24.2 Å². The van der Waals surface area contributed by atoms with Crippen LogP contribution in [0.2, 0.25) is 0 Å². The minimum Gasteiger partial charge on any atom is -0.655 e. The van der Waals surface area contributed by atoms with Crippen molar-refractivity contribution in [3.63, 3.8) is 0 Å². The molecule has 2 heteroatoms. The third kappa shape index (κ3) is 10.9. The molecule has 0 aromatic rings. The molecule has 0 aromatic carbocycles. The molecule has 0 aliphatic rings. The maximum absolute atomic E-state index is 4.17. The zero-order chi connectivity index (χ0) is 7.28. The molecule has 0 spiro atoms.